The van der Waals surface area contributed by atoms with Gasteiger partial charge in [0.25, 0.3) is 0 Å². The highest BCUT2D eigenvalue weighted by Crippen LogP contribution is 2.30. The maximum absolute atomic E-state index is 9.72. The highest BCUT2D eigenvalue weighted by molar-refractivity contribution is 6.30. The lowest BCUT2D eigenvalue weighted by Crippen LogP contribution is -2.30. The summed E-state index contributed by atoms with van der Waals surface area (Å²) in [5.74, 6) is 0.733. The summed E-state index contributed by atoms with van der Waals surface area (Å²) in [5.41, 5.74) is 6.26. The van der Waals surface area contributed by atoms with Crippen molar-refractivity contribution in [3.05, 3.63) is 23.2 Å². The molecule has 0 aliphatic rings. The minimum atomic E-state index is -0.450. The summed E-state index contributed by atoms with van der Waals surface area (Å²) < 4.78 is 5.26. The van der Waals surface area contributed by atoms with Gasteiger partial charge in [-0.15, -0.1) is 0 Å². The van der Waals surface area contributed by atoms with E-state index < -0.39 is 6.10 Å². The summed E-state index contributed by atoms with van der Waals surface area (Å²) in [7, 11) is 3.49. The van der Waals surface area contributed by atoms with Crippen LogP contribution in [-0.4, -0.2) is 38.5 Å². The van der Waals surface area contributed by atoms with Crippen LogP contribution in [0.25, 0.3) is 0 Å². The lowest BCUT2D eigenvalue weighted by atomic mass is 10.2. The first kappa shape index (κ1) is 14.1. The molecule has 1 aromatic carbocycles. The minimum absolute atomic E-state index is 0.450. The molecule has 1 atom stereocenters. The highest BCUT2D eigenvalue weighted by Gasteiger charge is 2.12. The molecule has 0 fully saturated rings. The van der Waals surface area contributed by atoms with Gasteiger partial charge in [-0.1, -0.05) is 11.6 Å². The molecule has 5 heteroatoms. The monoisotopic (exact) mass is 258 g/mol. The first-order valence-electron chi connectivity index (χ1n) is 5.51. The Hall–Kier alpha value is -0.970. The molecular formula is C12H19ClN2O2. The molecule has 96 valence electrons. The van der Waals surface area contributed by atoms with Crippen molar-refractivity contribution in [3.8, 4) is 5.75 Å². The maximum Gasteiger partial charge on any atom is 0.142 e. The number of nitrogens with zero attached hydrogens (tertiary/aromatic N) is 1. The Kier molecular flexibility index (Phi) is 5.55. The zero-order chi connectivity index (χ0) is 12.8. The molecule has 0 spiro atoms. The van der Waals surface area contributed by atoms with Crippen LogP contribution in [0.1, 0.15) is 6.42 Å². The van der Waals surface area contributed by atoms with Crippen LogP contribution >= 0.6 is 11.6 Å². The molecule has 17 heavy (non-hydrogen) atoms. The number of hydrogen-bond donors (Lipinski definition) is 2. The van der Waals surface area contributed by atoms with E-state index in [9.17, 15) is 5.11 Å². The average molecular weight is 259 g/mol. The van der Waals surface area contributed by atoms with Crippen molar-refractivity contribution in [3.63, 3.8) is 0 Å². The van der Waals surface area contributed by atoms with Crippen molar-refractivity contribution in [1.29, 1.82) is 0 Å². The zero-order valence-electron chi connectivity index (χ0n) is 10.2. The predicted molar refractivity (Wildman–Crippen MR) is 71.0 cm³/mol. The van der Waals surface area contributed by atoms with Gasteiger partial charge in [-0.3, -0.25) is 0 Å². The standard InChI is InChI=1S/C12H19ClN2O2/c1-15(8-10(16)5-6-14)11-7-9(13)3-4-12(11)17-2/h3-4,7,10,16H,5-6,8,14H2,1-2H3. The minimum Gasteiger partial charge on any atom is -0.495 e. The number of halogens is 1. The molecule has 0 radical (unpaired) electrons. The van der Waals surface area contributed by atoms with Crippen molar-refractivity contribution >= 4 is 17.3 Å². The largest absolute Gasteiger partial charge is 0.495 e. The number of aliphatic hydroxyl groups excluding tert-OH is 1. The average Bonchev–Trinajstić information content (AvgIpc) is 2.29. The predicted octanol–water partition coefficient (Wildman–Crippen LogP) is 1.49. The molecule has 0 heterocycles. The van der Waals surface area contributed by atoms with Crippen molar-refractivity contribution in [2.75, 3.05) is 32.1 Å². The van der Waals surface area contributed by atoms with Crippen LogP contribution in [0.15, 0.2) is 18.2 Å². The number of hydrogen-bond acceptors (Lipinski definition) is 4. The van der Waals surface area contributed by atoms with Gasteiger partial charge >= 0.3 is 0 Å². The summed E-state index contributed by atoms with van der Waals surface area (Å²) in [4.78, 5) is 1.91. The van der Waals surface area contributed by atoms with Gasteiger partial charge in [0.2, 0.25) is 0 Å². The number of ether oxygens (including phenoxy) is 1. The van der Waals surface area contributed by atoms with E-state index in [1.54, 1.807) is 13.2 Å². The van der Waals surface area contributed by atoms with E-state index in [0.717, 1.165) is 11.4 Å². The van der Waals surface area contributed by atoms with Gasteiger partial charge in [0.05, 0.1) is 18.9 Å². The Morgan fingerprint density at radius 1 is 1.53 bits per heavy atom. The van der Waals surface area contributed by atoms with Gasteiger partial charge < -0.3 is 20.5 Å². The van der Waals surface area contributed by atoms with E-state index in [0.29, 0.717) is 24.5 Å². The van der Waals surface area contributed by atoms with Crippen LogP contribution in [0.3, 0.4) is 0 Å². The van der Waals surface area contributed by atoms with Gasteiger partial charge in [-0.05, 0) is 31.2 Å². The second kappa shape index (κ2) is 6.69. The molecule has 0 aliphatic heterocycles. The fourth-order valence-corrected chi connectivity index (χ4v) is 1.83. The van der Waals surface area contributed by atoms with Gasteiger partial charge in [-0.2, -0.15) is 0 Å². The van der Waals surface area contributed by atoms with Crippen LogP contribution < -0.4 is 15.4 Å². The number of rotatable bonds is 6. The smallest absolute Gasteiger partial charge is 0.142 e. The van der Waals surface area contributed by atoms with Crippen LogP contribution in [0.5, 0.6) is 5.75 Å². The van der Waals surface area contributed by atoms with E-state index >= 15 is 0 Å². The molecule has 3 N–H and O–H groups in total. The summed E-state index contributed by atoms with van der Waals surface area (Å²) >= 11 is 5.95. The highest BCUT2D eigenvalue weighted by atomic mass is 35.5. The molecule has 0 amide bonds. The summed E-state index contributed by atoms with van der Waals surface area (Å²) in [5, 5.41) is 10.4. The quantitative estimate of drug-likeness (QED) is 0.812. The Morgan fingerprint density at radius 3 is 2.82 bits per heavy atom. The van der Waals surface area contributed by atoms with E-state index in [1.807, 2.05) is 24.1 Å². The molecule has 1 rings (SSSR count). The number of aliphatic hydroxyl groups is 1. The number of anilines is 1. The van der Waals surface area contributed by atoms with E-state index in [4.69, 9.17) is 22.1 Å². The number of nitrogens with two attached hydrogens (primary N) is 1. The molecule has 4 nitrogen and oxygen atoms in total. The van der Waals surface area contributed by atoms with Crippen LogP contribution in [0.2, 0.25) is 5.02 Å². The van der Waals surface area contributed by atoms with E-state index in [1.165, 1.54) is 0 Å². The molecule has 0 bridgehead atoms. The SMILES string of the molecule is COc1ccc(Cl)cc1N(C)CC(O)CCN. The molecule has 1 unspecified atom stereocenters. The van der Waals surface area contributed by atoms with Gasteiger partial charge in [0.1, 0.15) is 5.75 Å². The molecule has 0 saturated heterocycles. The molecule has 0 saturated carbocycles. The second-order valence-corrected chi connectivity index (χ2v) is 4.36. The van der Waals surface area contributed by atoms with Crippen molar-refractivity contribution in [2.45, 2.75) is 12.5 Å². The Labute approximate surface area is 107 Å². The Morgan fingerprint density at radius 2 is 2.24 bits per heavy atom. The topological polar surface area (TPSA) is 58.7 Å². The number of benzene rings is 1. The third-order valence-electron chi connectivity index (χ3n) is 2.54. The molecular weight excluding hydrogens is 240 g/mol. The number of methoxy groups -OCH3 is 1. The molecule has 1 aromatic rings. The lowest BCUT2D eigenvalue weighted by Gasteiger charge is -2.24. The summed E-state index contributed by atoms with van der Waals surface area (Å²) in [6.45, 7) is 0.968. The molecule has 0 aliphatic carbocycles. The van der Waals surface area contributed by atoms with Crippen molar-refractivity contribution in [1.82, 2.24) is 0 Å². The normalized spacial score (nSPS) is 12.3. The first-order valence-corrected chi connectivity index (χ1v) is 5.89. The zero-order valence-corrected chi connectivity index (χ0v) is 10.9. The third kappa shape index (κ3) is 4.07. The van der Waals surface area contributed by atoms with Crippen LogP contribution in [0, 0.1) is 0 Å². The lowest BCUT2D eigenvalue weighted by molar-refractivity contribution is 0.174. The van der Waals surface area contributed by atoms with Gasteiger partial charge in [-0.25, -0.2) is 0 Å². The van der Waals surface area contributed by atoms with Crippen LogP contribution in [0.4, 0.5) is 5.69 Å². The number of likely N-dealkylation sites (N-methyl/N-ethyl adjacent to an activating group) is 1. The Balaban J connectivity index is 2.79. The summed E-state index contributed by atoms with van der Waals surface area (Å²) in [6, 6.07) is 5.40. The van der Waals surface area contributed by atoms with Crippen LogP contribution in [-0.2, 0) is 0 Å². The van der Waals surface area contributed by atoms with Gasteiger partial charge in [0.15, 0.2) is 0 Å². The fraction of sp³-hybridized carbons (Fsp3) is 0.500. The van der Waals surface area contributed by atoms with E-state index in [2.05, 4.69) is 0 Å². The Bertz CT molecular complexity index is 360. The van der Waals surface area contributed by atoms with Crippen molar-refractivity contribution < 1.29 is 9.84 Å². The summed E-state index contributed by atoms with van der Waals surface area (Å²) in [6.07, 6.45) is 0.126. The fourth-order valence-electron chi connectivity index (χ4n) is 1.66. The second-order valence-electron chi connectivity index (χ2n) is 3.93. The van der Waals surface area contributed by atoms with E-state index in [-0.39, 0.29) is 0 Å². The van der Waals surface area contributed by atoms with Crippen molar-refractivity contribution in [2.24, 2.45) is 5.73 Å². The molecule has 0 aromatic heterocycles. The first-order chi connectivity index (χ1) is 8.08. The third-order valence-corrected chi connectivity index (χ3v) is 2.77. The van der Waals surface area contributed by atoms with Gasteiger partial charge in [0, 0.05) is 18.6 Å². The maximum atomic E-state index is 9.72.